The van der Waals surface area contributed by atoms with Gasteiger partial charge >= 0.3 is 85.7 Å². The molecule has 0 saturated heterocycles. The van der Waals surface area contributed by atoms with E-state index in [0.29, 0.717) is 20.9 Å². The Labute approximate surface area is 85.9 Å². The van der Waals surface area contributed by atoms with E-state index in [2.05, 4.69) is 32.0 Å². The monoisotopic (exact) mass is 239 g/mol. The van der Waals surface area contributed by atoms with Gasteiger partial charge in [-0.25, -0.2) is 0 Å². The summed E-state index contributed by atoms with van der Waals surface area (Å²) in [4.78, 5) is 0.204. The molecule has 1 nitrogen and oxygen atoms in total. The Morgan fingerprint density at radius 1 is 1.23 bits per heavy atom. The molecule has 0 heterocycles. The van der Waals surface area contributed by atoms with E-state index in [1.807, 2.05) is 18.2 Å². The molecule has 0 aliphatic heterocycles. The molecule has 0 radical (unpaired) electrons. The molecule has 1 aromatic carbocycles. The standard InChI is InChI=1S/C11H13NSe/c1-9(2)11(8-12)13-10-6-4-3-5-7-10/h3-7,9,11H,1-2H3. The van der Waals surface area contributed by atoms with Crippen LogP contribution >= 0.6 is 0 Å². The van der Waals surface area contributed by atoms with Crippen LogP contribution in [0.15, 0.2) is 30.3 Å². The van der Waals surface area contributed by atoms with Crippen molar-refractivity contribution < 1.29 is 0 Å². The molecule has 1 unspecified atom stereocenters. The number of nitriles is 1. The van der Waals surface area contributed by atoms with Crippen LogP contribution in [0.2, 0.25) is 4.82 Å². The van der Waals surface area contributed by atoms with Crippen LogP contribution in [0.25, 0.3) is 0 Å². The predicted octanol–water partition coefficient (Wildman–Crippen LogP) is 1.98. The van der Waals surface area contributed by atoms with Crippen LogP contribution in [-0.4, -0.2) is 15.0 Å². The quantitative estimate of drug-likeness (QED) is 0.739. The molecule has 0 bridgehead atoms. The Morgan fingerprint density at radius 3 is 2.31 bits per heavy atom. The van der Waals surface area contributed by atoms with Crippen LogP contribution in [0.4, 0.5) is 0 Å². The van der Waals surface area contributed by atoms with E-state index in [-0.39, 0.29) is 4.82 Å². The molecule has 0 saturated carbocycles. The van der Waals surface area contributed by atoms with Crippen molar-refractivity contribution in [1.82, 2.24) is 0 Å². The third kappa shape index (κ3) is 3.22. The molecular formula is C11H13NSe. The van der Waals surface area contributed by atoms with Crippen molar-refractivity contribution >= 4 is 19.4 Å². The second-order valence-electron chi connectivity index (χ2n) is 3.22. The first-order chi connectivity index (χ1) is 6.24. The molecule has 1 atom stereocenters. The molecule has 0 fully saturated rings. The maximum absolute atomic E-state index is 8.92. The molecular weight excluding hydrogens is 225 g/mol. The van der Waals surface area contributed by atoms with Crippen molar-refractivity contribution in [2.75, 3.05) is 0 Å². The van der Waals surface area contributed by atoms with Crippen LogP contribution < -0.4 is 4.46 Å². The minimum absolute atomic E-state index is 0.204. The first-order valence-electron chi connectivity index (χ1n) is 4.35. The summed E-state index contributed by atoms with van der Waals surface area (Å²) in [6.07, 6.45) is 0. The molecule has 2 heteroatoms. The fourth-order valence-corrected chi connectivity index (χ4v) is 2.91. The van der Waals surface area contributed by atoms with Crippen molar-refractivity contribution in [2.24, 2.45) is 5.92 Å². The zero-order valence-electron chi connectivity index (χ0n) is 7.90. The summed E-state index contributed by atoms with van der Waals surface area (Å²) in [5.74, 6) is 0.463. The van der Waals surface area contributed by atoms with Crippen LogP contribution in [0.1, 0.15) is 13.8 Å². The number of hydrogen-bond acceptors (Lipinski definition) is 1. The average Bonchev–Trinajstić information content (AvgIpc) is 2.15. The van der Waals surface area contributed by atoms with Crippen molar-refractivity contribution in [3.8, 4) is 6.07 Å². The van der Waals surface area contributed by atoms with Gasteiger partial charge in [-0.15, -0.1) is 0 Å². The van der Waals surface area contributed by atoms with Gasteiger partial charge in [0.25, 0.3) is 0 Å². The van der Waals surface area contributed by atoms with Crippen LogP contribution in [0.5, 0.6) is 0 Å². The average molecular weight is 238 g/mol. The van der Waals surface area contributed by atoms with Gasteiger partial charge in [-0.1, -0.05) is 0 Å². The van der Waals surface area contributed by atoms with Crippen molar-refractivity contribution in [1.29, 1.82) is 5.26 Å². The van der Waals surface area contributed by atoms with Crippen molar-refractivity contribution in [2.45, 2.75) is 18.7 Å². The third-order valence-electron chi connectivity index (χ3n) is 1.74. The Balaban J connectivity index is 2.64. The zero-order valence-corrected chi connectivity index (χ0v) is 9.61. The summed E-state index contributed by atoms with van der Waals surface area (Å²) >= 11 is 0.296. The number of rotatable bonds is 3. The maximum atomic E-state index is 8.92. The molecule has 68 valence electrons. The van der Waals surface area contributed by atoms with Crippen LogP contribution in [0, 0.1) is 17.2 Å². The third-order valence-corrected chi connectivity index (χ3v) is 4.78. The van der Waals surface area contributed by atoms with E-state index in [0.717, 1.165) is 0 Å². The topological polar surface area (TPSA) is 23.8 Å². The van der Waals surface area contributed by atoms with Gasteiger partial charge in [0.2, 0.25) is 0 Å². The fraction of sp³-hybridized carbons (Fsp3) is 0.364. The van der Waals surface area contributed by atoms with Crippen LogP contribution in [0.3, 0.4) is 0 Å². The Morgan fingerprint density at radius 2 is 1.85 bits per heavy atom. The van der Waals surface area contributed by atoms with E-state index < -0.39 is 0 Å². The van der Waals surface area contributed by atoms with E-state index in [4.69, 9.17) is 5.26 Å². The van der Waals surface area contributed by atoms with E-state index in [9.17, 15) is 0 Å². The molecule has 0 N–H and O–H groups in total. The first-order valence-corrected chi connectivity index (χ1v) is 6.20. The fourth-order valence-electron chi connectivity index (χ4n) is 0.957. The van der Waals surface area contributed by atoms with E-state index >= 15 is 0 Å². The summed E-state index contributed by atoms with van der Waals surface area (Å²) < 4.78 is 1.32. The van der Waals surface area contributed by atoms with Crippen molar-refractivity contribution in [3.05, 3.63) is 30.3 Å². The molecule has 0 aliphatic carbocycles. The molecule has 1 aromatic rings. The summed E-state index contributed by atoms with van der Waals surface area (Å²) in [5.41, 5.74) is 0. The van der Waals surface area contributed by atoms with Gasteiger partial charge in [-0.05, 0) is 0 Å². The van der Waals surface area contributed by atoms with Gasteiger partial charge < -0.3 is 0 Å². The molecule has 1 rings (SSSR count). The first kappa shape index (κ1) is 10.3. The molecule has 0 aliphatic rings. The van der Waals surface area contributed by atoms with Gasteiger partial charge in [0.05, 0.1) is 0 Å². The number of nitrogens with zero attached hydrogens (tertiary/aromatic N) is 1. The SMILES string of the molecule is CC(C)C(C#N)[Se]c1ccccc1. The number of hydrogen-bond donors (Lipinski definition) is 0. The molecule has 0 amide bonds. The Hall–Kier alpha value is -0.771. The zero-order chi connectivity index (χ0) is 9.68. The van der Waals surface area contributed by atoms with E-state index in [1.165, 1.54) is 4.46 Å². The van der Waals surface area contributed by atoms with Gasteiger partial charge in [0.15, 0.2) is 0 Å². The van der Waals surface area contributed by atoms with Crippen molar-refractivity contribution in [3.63, 3.8) is 0 Å². The summed E-state index contributed by atoms with van der Waals surface area (Å²) in [6.45, 7) is 4.22. The second-order valence-corrected chi connectivity index (χ2v) is 5.77. The van der Waals surface area contributed by atoms with Gasteiger partial charge in [0.1, 0.15) is 0 Å². The summed E-state index contributed by atoms with van der Waals surface area (Å²) in [7, 11) is 0. The Bertz CT molecular complexity index is 287. The molecule has 0 spiro atoms. The second kappa shape index (κ2) is 5.07. The normalized spacial score (nSPS) is 12.5. The predicted molar refractivity (Wildman–Crippen MR) is 56.0 cm³/mol. The van der Waals surface area contributed by atoms with Gasteiger partial charge in [-0.2, -0.15) is 0 Å². The number of benzene rings is 1. The molecule has 0 aromatic heterocycles. The van der Waals surface area contributed by atoms with Gasteiger partial charge in [0, 0.05) is 0 Å². The minimum atomic E-state index is 0.204. The molecule has 13 heavy (non-hydrogen) atoms. The van der Waals surface area contributed by atoms with Crippen LogP contribution in [-0.2, 0) is 0 Å². The Kier molecular flexibility index (Phi) is 4.02. The summed E-state index contributed by atoms with van der Waals surface area (Å²) in [6, 6.07) is 12.7. The van der Waals surface area contributed by atoms with Gasteiger partial charge in [-0.3, -0.25) is 0 Å². The van der Waals surface area contributed by atoms with E-state index in [1.54, 1.807) is 0 Å². The summed E-state index contributed by atoms with van der Waals surface area (Å²) in [5, 5.41) is 8.92.